The molecule has 0 aliphatic carbocycles. The second-order valence-corrected chi connectivity index (χ2v) is 11.0. The van der Waals surface area contributed by atoms with Crippen LogP contribution >= 0.6 is 0 Å². The highest BCUT2D eigenvalue weighted by Crippen LogP contribution is 2.27. The Balaban J connectivity index is 1.20. The summed E-state index contributed by atoms with van der Waals surface area (Å²) in [4.78, 5) is 34.4. The third-order valence-corrected chi connectivity index (χ3v) is 7.46. The minimum Gasteiger partial charge on any atom is -0.357 e. The molecule has 0 saturated carbocycles. The zero-order valence-corrected chi connectivity index (χ0v) is 22.3. The van der Waals surface area contributed by atoms with Crippen LogP contribution in [0.1, 0.15) is 64.4 Å². The molecule has 3 heterocycles. The van der Waals surface area contributed by atoms with E-state index in [1.165, 1.54) is 25.7 Å². The number of pyridine rings is 1. The third kappa shape index (κ3) is 7.42. The van der Waals surface area contributed by atoms with Gasteiger partial charge in [0.05, 0.1) is 5.52 Å². The van der Waals surface area contributed by atoms with E-state index in [4.69, 9.17) is 4.98 Å². The Hall–Kier alpha value is -2.67. The molecular formula is C29H43N5O2. The van der Waals surface area contributed by atoms with E-state index in [9.17, 15) is 9.59 Å². The van der Waals surface area contributed by atoms with Crippen molar-refractivity contribution in [3.8, 4) is 0 Å². The topological polar surface area (TPSA) is 77.6 Å². The largest absolute Gasteiger partial charge is 0.357 e. The average Bonchev–Trinajstić information content (AvgIpc) is 2.85. The number of aromatic nitrogens is 1. The van der Waals surface area contributed by atoms with Gasteiger partial charge < -0.3 is 20.4 Å². The van der Waals surface area contributed by atoms with E-state index < -0.39 is 0 Å². The summed E-state index contributed by atoms with van der Waals surface area (Å²) in [6.45, 7) is 12.9. The molecule has 2 atom stereocenters. The Morgan fingerprint density at radius 1 is 1.00 bits per heavy atom. The van der Waals surface area contributed by atoms with E-state index in [0.29, 0.717) is 6.54 Å². The van der Waals surface area contributed by atoms with E-state index in [0.717, 1.165) is 79.0 Å². The van der Waals surface area contributed by atoms with E-state index in [1.807, 2.05) is 18.2 Å². The third-order valence-electron chi connectivity index (χ3n) is 7.46. The summed E-state index contributed by atoms with van der Waals surface area (Å²) >= 11 is 0. The van der Waals surface area contributed by atoms with Crippen LogP contribution in [-0.4, -0.2) is 61.0 Å². The second kappa shape index (κ2) is 12.5. The number of amides is 2. The minimum atomic E-state index is -0.142. The van der Waals surface area contributed by atoms with Crippen LogP contribution in [0.15, 0.2) is 24.3 Å². The quantitative estimate of drug-likeness (QED) is 0.494. The van der Waals surface area contributed by atoms with E-state index in [-0.39, 0.29) is 24.7 Å². The van der Waals surface area contributed by atoms with Crippen molar-refractivity contribution < 1.29 is 9.59 Å². The van der Waals surface area contributed by atoms with Crippen LogP contribution in [0.4, 0.5) is 11.5 Å². The Morgan fingerprint density at radius 2 is 1.72 bits per heavy atom. The van der Waals surface area contributed by atoms with Crippen LogP contribution in [0.25, 0.3) is 10.9 Å². The molecule has 2 aliphatic rings. The number of likely N-dealkylation sites (tertiary alicyclic amines) is 1. The molecule has 2 aromatic rings. The summed E-state index contributed by atoms with van der Waals surface area (Å²) in [6.07, 6.45) is 6.38. The average molecular weight is 494 g/mol. The molecule has 2 saturated heterocycles. The predicted molar refractivity (Wildman–Crippen MR) is 147 cm³/mol. The number of hydrogen-bond acceptors (Lipinski definition) is 5. The van der Waals surface area contributed by atoms with Crippen molar-refractivity contribution in [1.29, 1.82) is 0 Å². The van der Waals surface area contributed by atoms with Crippen LogP contribution in [0.2, 0.25) is 0 Å². The zero-order valence-electron chi connectivity index (χ0n) is 22.3. The van der Waals surface area contributed by atoms with Crippen LogP contribution in [-0.2, 0) is 9.59 Å². The molecule has 7 nitrogen and oxygen atoms in total. The SMILES string of the molecule is Cc1cc(N2CCCCC2)nc2ccc(NC(=O)CCC(=O)NCCCN3CC(C)CC(C)C3)cc12. The van der Waals surface area contributed by atoms with Crippen LogP contribution in [0, 0.1) is 18.8 Å². The monoisotopic (exact) mass is 493 g/mol. The van der Waals surface area contributed by atoms with Gasteiger partial charge in [-0.25, -0.2) is 4.98 Å². The maximum absolute atomic E-state index is 12.5. The summed E-state index contributed by atoms with van der Waals surface area (Å²) in [5.41, 5.74) is 2.85. The summed E-state index contributed by atoms with van der Waals surface area (Å²) in [7, 11) is 0. The molecule has 2 N–H and O–H groups in total. The number of benzene rings is 1. The summed E-state index contributed by atoms with van der Waals surface area (Å²) in [6, 6.07) is 8.00. The summed E-state index contributed by atoms with van der Waals surface area (Å²) < 4.78 is 0. The molecule has 0 bridgehead atoms. The van der Waals surface area contributed by atoms with Crippen molar-refractivity contribution in [3.63, 3.8) is 0 Å². The minimum absolute atomic E-state index is 0.0608. The maximum Gasteiger partial charge on any atom is 0.224 e. The predicted octanol–water partition coefficient (Wildman–Crippen LogP) is 4.74. The van der Waals surface area contributed by atoms with Gasteiger partial charge in [0.1, 0.15) is 5.82 Å². The maximum atomic E-state index is 12.5. The second-order valence-electron chi connectivity index (χ2n) is 11.0. The molecule has 2 amide bonds. The van der Waals surface area contributed by atoms with Crippen LogP contribution in [0.3, 0.4) is 0 Å². The van der Waals surface area contributed by atoms with Crippen molar-refractivity contribution in [2.45, 2.75) is 65.7 Å². The van der Waals surface area contributed by atoms with Gasteiger partial charge in [-0.05, 0) is 87.2 Å². The fourth-order valence-corrected chi connectivity index (χ4v) is 5.78. The van der Waals surface area contributed by atoms with Crippen LogP contribution < -0.4 is 15.5 Å². The molecule has 196 valence electrons. The molecule has 7 heteroatoms. The Labute approximate surface area is 216 Å². The van der Waals surface area contributed by atoms with Crippen molar-refractivity contribution in [1.82, 2.24) is 15.2 Å². The molecule has 4 rings (SSSR count). The molecule has 36 heavy (non-hydrogen) atoms. The van der Waals surface area contributed by atoms with Crippen molar-refractivity contribution >= 4 is 34.2 Å². The highest BCUT2D eigenvalue weighted by molar-refractivity contribution is 5.96. The molecule has 0 radical (unpaired) electrons. The van der Waals surface area contributed by atoms with Gasteiger partial charge in [0, 0.05) is 56.6 Å². The number of fused-ring (bicyclic) bond motifs is 1. The first-order valence-electron chi connectivity index (χ1n) is 13.8. The first kappa shape index (κ1) is 26.4. The number of nitrogens with one attached hydrogen (secondary N) is 2. The molecule has 1 aromatic carbocycles. The van der Waals surface area contributed by atoms with E-state index >= 15 is 0 Å². The highest BCUT2D eigenvalue weighted by Gasteiger charge is 2.21. The lowest BCUT2D eigenvalue weighted by atomic mass is 9.92. The normalized spacial score (nSPS) is 20.9. The highest BCUT2D eigenvalue weighted by atomic mass is 16.2. The standard InChI is InChI=1S/C29H43N5O2/c1-21-16-22(2)20-33(19-21)13-7-12-30-28(35)10-11-29(36)31-24-8-9-26-25(18-24)23(3)17-27(32-26)34-14-5-4-6-15-34/h8-9,17-18,21-22H,4-7,10-16,19-20H2,1-3H3,(H,30,35)(H,31,36). The molecule has 2 aliphatic heterocycles. The number of nitrogens with zero attached hydrogens (tertiary/aromatic N) is 3. The van der Waals surface area contributed by atoms with Gasteiger partial charge in [-0.2, -0.15) is 0 Å². The lowest BCUT2D eigenvalue weighted by Crippen LogP contribution is -2.40. The van der Waals surface area contributed by atoms with E-state index in [2.05, 4.69) is 47.3 Å². The number of piperidine rings is 2. The first-order valence-corrected chi connectivity index (χ1v) is 13.8. The Morgan fingerprint density at radius 3 is 2.47 bits per heavy atom. The van der Waals surface area contributed by atoms with Gasteiger partial charge in [0.25, 0.3) is 0 Å². The molecule has 2 fully saturated rings. The first-order chi connectivity index (χ1) is 17.4. The zero-order chi connectivity index (χ0) is 25.5. The number of aryl methyl sites for hydroxylation is 1. The summed E-state index contributed by atoms with van der Waals surface area (Å²) in [5.74, 6) is 2.34. The van der Waals surface area contributed by atoms with Gasteiger partial charge >= 0.3 is 0 Å². The van der Waals surface area contributed by atoms with E-state index in [1.54, 1.807) is 0 Å². The van der Waals surface area contributed by atoms with Gasteiger partial charge in [-0.1, -0.05) is 13.8 Å². The van der Waals surface area contributed by atoms with Crippen molar-refractivity contribution in [2.75, 3.05) is 49.5 Å². The molecule has 0 spiro atoms. The summed E-state index contributed by atoms with van der Waals surface area (Å²) in [5, 5.41) is 6.96. The number of rotatable bonds is 9. The van der Waals surface area contributed by atoms with Crippen molar-refractivity contribution in [2.24, 2.45) is 11.8 Å². The Kier molecular flexibility index (Phi) is 9.19. The number of carbonyl (C=O) groups excluding carboxylic acids is 2. The number of hydrogen-bond donors (Lipinski definition) is 2. The van der Waals surface area contributed by atoms with Crippen LogP contribution in [0.5, 0.6) is 0 Å². The molecule has 1 aromatic heterocycles. The Bertz CT molecular complexity index is 1040. The van der Waals surface area contributed by atoms with Gasteiger partial charge in [0.15, 0.2) is 0 Å². The van der Waals surface area contributed by atoms with Gasteiger partial charge in [-0.15, -0.1) is 0 Å². The fraction of sp³-hybridized carbons (Fsp3) is 0.621. The number of anilines is 2. The molecule has 2 unspecified atom stereocenters. The van der Waals surface area contributed by atoms with Crippen molar-refractivity contribution in [3.05, 3.63) is 29.8 Å². The lowest BCUT2D eigenvalue weighted by Gasteiger charge is -2.34. The number of carbonyl (C=O) groups is 2. The van der Waals surface area contributed by atoms with Gasteiger partial charge in [-0.3, -0.25) is 9.59 Å². The fourth-order valence-electron chi connectivity index (χ4n) is 5.78. The lowest BCUT2D eigenvalue weighted by molar-refractivity contribution is -0.124. The smallest absolute Gasteiger partial charge is 0.224 e. The molecular weight excluding hydrogens is 450 g/mol. The van der Waals surface area contributed by atoms with Gasteiger partial charge in [0.2, 0.25) is 11.8 Å².